The Kier molecular flexibility index (Phi) is 5.45. The van der Waals surface area contributed by atoms with Crippen LogP contribution in [0.5, 0.6) is 0 Å². The maximum atomic E-state index is 11.5. The van der Waals surface area contributed by atoms with E-state index in [1.165, 1.54) is 12.7 Å². The molecule has 1 fully saturated rings. The first-order valence-corrected chi connectivity index (χ1v) is 9.14. The fourth-order valence-electron chi connectivity index (χ4n) is 3.09. The number of morpholine rings is 1. The van der Waals surface area contributed by atoms with Crippen LogP contribution in [0.2, 0.25) is 0 Å². The normalized spacial score (nSPS) is 14.8. The van der Waals surface area contributed by atoms with Crippen LogP contribution in [-0.2, 0) is 16.0 Å². The molecule has 7 heteroatoms. The van der Waals surface area contributed by atoms with Gasteiger partial charge in [-0.3, -0.25) is 4.90 Å². The number of aromatic nitrogens is 2. The maximum absolute atomic E-state index is 11.5. The van der Waals surface area contributed by atoms with Crippen LogP contribution in [-0.4, -0.2) is 54.5 Å². The summed E-state index contributed by atoms with van der Waals surface area (Å²) in [5.41, 5.74) is 3.33. The zero-order valence-corrected chi connectivity index (χ0v) is 15.6. The van der Waals surface area contributed by atoms with Gasteiger partial charge in [-0.15, -0.1) is 10.2 Å². The summed E-state index contributed by atoms with van der Waals surface area (Å²) in [5, 5.41) is 8.27. The number of methoxy groups -OCH3 is 1. The maximum Gasteiger partial charge on any atom is 0.337 e. The largest absolute Gasteiger partial charge is 0.465 e. The van der Waals surface area contributed by atoms with E-state index in [1.807, 2.05) is 12.1 Å². The summed E-state index contributed by atoms with van der Waals surface area (Å²) in [6, 6.07) is 15.0. The molecule has 0 radical (unpaired) electrons. The van der Waals surface area contributed by atoms with E-state index in [0.29, 0.717) is 17.3 Å². The molecule has 2 aromatic carbocycles. The molecule has 0 saturated carbocycles. The molecule has 144 valence electrons. The van der Waals surface area contributed by atoms with Crippen molar-refractivity contribution in [3.05, 3.63) is 59.7 Å². The van der Waals surface area contributed by atoms with Gasteiger partial charge in [0.25, 0.3) is 0 Å². The van der Waals surface area contributed by atoms with Crippen LogP contribution in [0.4, 0.5) is 0 Å². The lowest BCUT2D eigenvalue weighted by molar-refractivity contribution is 0.0342. The third-order valence-corrected chi connectivity index (χ3v) is 4.69. The number of hydrogen-bond acceptors (Lipinski definition) is 7. The number of carbonyl (C=O) groups is 1. The lowest BCUT2D eigenvalue weighted by atomic mass is 10.1. The summed E-state index contributed by atoms with van der Waals surface area (Å²) in [6.07, 6.45) is 0. The number of hydrogen-bond donors (Lipinski definition) is 0. The SMILES string of the molecule is COC(=O)c1ccc(-c2nnc(-c3ccc(CN4CCOCC4)cc3)o2)cc1. The quantitative estimate of drug-likeness (QED) is 0.631. The van der Waals surface area contributed by atoms with Crippen LogP contribution in [0.25, 0.3) is 22.9 Å². The smallest absolute Gasteiger partial charge is 0.337 e. The molecule has 1 saturated heterocycles. The van der Waals surface area contributed by atoms with Crippen LogP contribution in [0.1, 0.15) is 15.9 Å². The molecule has 0 spiro atoms. The van der Waals surface area contributed by atoms with Crippen LogP contribution in [0.15, 0.2) is 52.9 Å². The van der Waals surface area contributed by atoms with Crippen molar-refractivity contribution in [1.29, 1.82) is 0 Å². The Morgan fingerprint density at radius 3 is 2.11 bits per heavy atom. The van der Waals surface area contributed by atoms with Crippen LogP contribution in [0.3, 0.4) is 0 Å². The van der Waals surface area contributed by atoms with Crippen molar-refractivity contribution in [1.82, 2.24) is 15.1 Å². The Balaban J connectivity index is 1.45. The first-order valence-electron chi connectivity index (χ1n) is 9.14. The van der Waals surface area contributed by atoms with Crippen molar-refractivity contribution in [2.45, 2.75) is 6.54 Å². The number of carbonyl (C=O) groups excluding carboxylic acids is 1. The van der Waals surface area contributed by atoms with Gasteiger partial charge >= 0.3 is 5.97 Å². The highest BCUT2D eigenvalue weighted by atomic mass is 16.5. The van der Waals surface area contributed by atoms with E-state index in [0.717, 1.165) is 44.0 Å². The minimum atomic E-state index is -0.380. The van der Waals surface area contributed by atoms with Crippen LogP contribution < -0.4 is 0 Å². The fourth-order valence-corrected chi connectivity index (χ4v) is 3.09. The Bertz CT molecular complexity index is 929. The van der Waals surface area contributed by atoms with Crippen LogP contribution >= 0.6 is 0 Å². The van der Waals surface area contributed by atoms with Gasteiger partial charge in [0, 0.05) is 30.8 Å². The van der Waals surface area contributed by atoms with Gasteiger partial charge < -0.3 is 13.9 Å². The highest BCUT2D eigenvalue weighted by molar-refractivity contribution is 5.89. The molecule has 1 aliphatic heterocycles. The lowest BCUT2D eigenvalue weighted by Crippen LogP contribution is -2.35. The minimum absolute atomic E-state index is 0.380. The van der Waals surface area contributed by atoms with E-state index < -0.39 is 0 Å². The first kappa shape index (κ1) is 18.3. The average molecular weight is 379 g/mol. The van der Waals surface area contributed by atoms with E-state index in [4.69, 9.17) is 13.9 Å². The van der Waals surface area contributed by atoms with Gasteiger partial charge in [0.15, 0.2) is 0 Å². The number of esters is 1. The fraction of sp³-hybridized carbons (Fsp3) is 0.286. The predicted molar refractivity (Wildman–Crippen MR) is 103 cm³/mol. The summed E-state index contributed by atoms with van der Waals surface area (Å²) >= 11 is 0. The molecule has 3 aromatic rings. The molecule has 1 aliphatic rings. The standard InChI is InChI=1S/C21H21N3O4/c1-26-21(25)18-8-6-17(7-9-18)20-23-22-19(28-20)16-4-2-15(3-5-16)14-24-10-12-27-13-11-24/h2-9H,10-14H2,1H3. The monoisotopic (exact) mass is 379 g/mol. The van der Waals surface area contributed by atoms with Crippen molar-refractivity contribution >= 4 is 5.97 Å². The average Bonchev–Trinajstić information content (AvgIpc) is 3.25. The summed E-state index contributed by atoms with van der Waals surface area (Å²) in [6.45, 7) is 4.42. The lowest BCUT2D eigenvalue weighted by Gasteiger charge is -2.26. The van der Waals surface area contributed by atoms with Gasteiger partial charge in [-0.2, -0.15) is 0 Å². The number of benzene rings is 2. The molecule has 0 atom stereocenters. The van der Waals surface area contributed by atoms with Crippen molar-refractivity contribution in [3.8, 4) is 22.9 Å². The zero-order valence-electron chi connectivity index (χ0n) is 15.6. The molecule has 2 heterocycles. The van der Waals surface area contributed by atoms with E-state index >= 15 is 0 Å². The van der Waals surface area contributed by atoms with Crippen molar-refractivity contribution in [2.75, 3.05) is 33.4 Å². The van der Waals surface area contributed by atoms with E-state index in [2.05, 4.69) is 27.2 Å². The molecule has 0 unspecified atom stereocenters. The second-order valence-electron chi connectivity index (χ2n) is 6.57. The second-order valence-corrected chi connectivity index (χ2v) is 6.57. The topological polar surface area (TPSA) is 77.7 Å². The Labute approximate surface area is 162 Å². The van der Waals surface area contributed by atoms with E-state index in [9.17, 15) is 4.79 Å². The molecular formula is C21H21N3O4. The molecule has 4 rings (SSSR count). The van der Waals surface area contributed by atoms with E-state index in [1.54, 1.807) is 24.3 Å². The van der Waals surface area contributed by atoms with Gasteiger partial charge in [0.05, 0.1) is 25.9 Å². The van der Waals surface area contributed by atoms with Gasteiger partial charge in [-0.05, 0) is 42.0 Å². The summed E-state index contributed by atoms with van der Waals surface area (Å²) < 4.78 is 15.9. The van der Waals surface area contributed by atoms with Gasteiger partial charge in [0.1, 0.15) is 0 Å². The van der Waals surface area contributed by atoms with Crippen molar-refractivity contribution < 1.29 is 18.7 Å². The molecule has 0 bridgehead atoms. The highest BCUT2D eigenvalue weighted by Crippen LogP contribution is 2.24. The molecule has 28 heavy (non-hydrogen) atoms. The Morgan fingerprint density at radius 1 is 0.964 bits per heavy atom. The van der Waals surface area contributed by atoms with Gasteiger partial charge in [-0.1, -0.05) is 12.1 Å². The number of nitrogens with zero attached hydrogens (tertiary/aromatic N) is 3. The Hall–Kier alpha value is -3.03. The molecule has 7 nitrogen and oxygen atoms in total. The van der Waals surface area contributed by atoms with Gasteiger partial charge in [-0.25, -0.2) is 4.79 Å². The van der Waals surface area contributed by atoms with E-state index in [-0.39, 0.29) is 5.97 Å². The first-order chi connectivity index (χ1) is 13.7. The second kappa shape index (κ2) is 8.33. The van der Waals surface area contributed by atoms with Gasteiger partial charge in [0.2, 0.25) is 11.8 Å². The third kappa shape index (κ3) is 4.11. The summed E-state index contributed by atoms with van der Waals surface area (Å²) in [7, 11) is 1.35. The molecular weight excluding hydrogens is 358 g/mol. The Morgan fingerprint density at radius 2 is 1.54 bits per heavy atom. The van der Waals surface area contributed by atoms with Crippen LogP contribution in [0, 0.1) is 0 Å². The zero-order chi connectivity index (χ0) is 19.3. The van der Waals surface area contributed by atoms with Crippen molar-refractivity contribution in [2.24, 2.45) is 0 Å². The predicted octanol–water partition coefficient (Wildman–Crippen LogP) is 3.02. The number of ether oxygens (including phenoxy) is 2. The molecule has 1 aromatic heterocycles. The summed E-state index contributed by atoms with van der Waals surface area (Å²) in [4.78, 5) is 13.9. The molecule has 0 aliphatic carbocycles. The molecule has 0 N–H and O–H groups in total. The van der Waals surface area contributed by atoms with Crippen molar-refractivity contribution in [3.63, 3.8) is 0 Å². The minimum Gasteiger partial charge on any atom is -0.465 e. The summed E-state index contributed by atoms with van der Waals surface area (Å²) in [5.74, 6) is 0.490. The highest BCUT2D eigenvalue weighted by Gasteiger charge is 2.13. The number of rotatable bonds is 5. The molecule has 0 amide bonds. The third-order valence-electron chi connectivity index (χ3n) is 4.69.